The number of ether oxygens (including phenoxy) is 4. The molecule has 1 unspecified atom stereocenters. The van der Waals surface area contributed by atoms with Crippen molar-refractivity contribution in [1.29, 1.82) is 0 Å². The molecule has 1 aromatic rings. The van der Waals surface area contributed by atoms with Gasteiger partial charge in [0.1, 0.15) is 0 Å². The van der Waals surface area contributed by atoms with Gasteiger partial charge in [0, 0.05) is 18.0 Å². The molecule has 24 heavy (non-hydrogen) atoms. The van der Waals surface area contributed by atoms with Crippen LogP contribution in [0.4, 0.5) is 0 Å². The summed E-state index contributed by atoms with van der Waals surface area (Å²) in [4.78, 5) is 24.1. The second-order valence-electron chi connectivity index (χ2n) is 5.29. The molecule has 0 saturated carbocycles. The standard InChI is InChI=1S/C17H21NO6/c1-9-15(17(20)24-5)11(8-14(19)18-9)10-6-12(21-2)16(23-4)13(7-10)22-3/h6-7,11H,8H2,1-5H3,(H,18,19). The summed E-state index contributed by atoms with van der Waals surface area (Å²) in [6.45, 7) is 1.67. The molecule has 0 fully saturated rings. The number of methoxy groups -OCH3 is 4. The van der Waals surface area contributed by atoms with Crippen molar-refractivity contribution in [2.75, 3.05) is 28.4 Å². The molecule has 1 heterocycles. The number of carbonyl (C=O) groups is 2. The van der Waals surface area contributed by atoms with Gasteiger partial charge in [-0.15, -0.1) is 0 Å². The topological polar surface area (TPSA) is 83.1 Å². The Balaban J connectivity index is 2.61. The van der Waals surface area contributed by atoms with Crippen molar-refractivity contribution >= 4 is 11.9 Å². The van der Waals surface area contributed by atoms with Crippen LogP contribution in [-0.2, 0) is 14.3 Å². The fourth-order valence-electron chi connectivity index (χ4n) is 2.87. The van der Waals surface area contributed by atoms with Crippen LogP contribution in [0.15, 0.2) is 23.4 Å². The summed E-state index contributed by atoms with van der Waals surface area (Å²) in [5, 5.41) is 2.68. The molecular weight excluding hydrogens is 314 g/mol. The highest BCUT2D eigenvalue weighted by atomic mass is 16.5. The number of carbonyl (C=O) groups excluding carboxylic acids is 2. The van der Waals surface area contributed by atoms with Crippen molar-refractivity contribution in [3.63, 3.8) is 0 Å². The van der Waals surface area contributed by atoms with E-state index in [9.17, 15) is 9.59 Å². The first-order chi connectivity index (χ1) is 11.5. The summed E-state index contributed by atoms with van der Waals surface area (Å²) in [6, 6.07) is 3.47. The van der Waals surface area contributed by atoms with Crippen LogP contribution in [0.5, 0.6) is 17.2 Å². The lowest BCUT2D eigenvalue weighted by atomic mass is 9.84. The molecule has 1 aliphatic rings. The molecule has 7 nitrogen and oxygen atoms in total. The number of hydrogen-bond acceptors (Lipinski definition) is 6. The predicted octanol–water partition coefficient (Wildman–Crippen LogP) is 1.76. The first kappa shape index (κ1) is 17.7. The van der Waals surface area contributed by atoms with Gasteiger partial charge < -0.3 is 24.3 Å². The predicted molar refractivity (Wildman–Crippen MR) is 86.3 cm³/mol. The lowest BCUT2D eigenvalue weighted by molar-refractivity contribution is -0.136. The third-order valence-electron chi connectivity index (χ3n) is 3.96. The quantitative estimate of drug-likeness (QED) is 0.826. The van der Waals surface area contributed by atoms with E-state index >= 15 is 0 Å². The zero-order valence-corrected chi connectivity index (χ0v) is 14.4. The summed E-state index contributed by atoms with van der Waals surface area (Å²) in [5.41, 5.74) is 1.60. The Morgan fingerprint density at radius 1 is 1.08 bits per heavy atom. The van der Waals surface area contributed by atoms with Crippen molar-refractivity contribution < 1.29 is 28.5 Å². The minimum absolute atomic E-state index is 0.125. The van der Waals surface area contributed by atoms with Gasteiger partial charge in [0.05, 0.1) is 34.0 Å². The molecule has 2 rings (SSSR count). The number of allylic oxidation sites excluding steroid dienone is 1. The molecule has 0 saturated heterocycles. The zero-order valence-electron chi connectivity index (χ0n) is 14.4. The van der Waals surface area contributed by atoms with Crippen molar-refractivity contribution in [2.24, 2.45) is 0 Å². The molecule has 0 radical (unpaired) electrons. The second-order valence-corrected chi connectivity index (χ2v) is 5.29. The van der Waals surface area contributed by atoms with Crippen LogP contribution in [0.25, 0.3) is 0 Å². The molecule has 0 aliphatic carbocycles. The lowest BCUT2D eigenvalue weighted by Crippen LogP contribution is -2.34. The summed E-state index contributed by atoms with van der Waals surface area (Å²) < 4.78 is 20.9. The zero-order chi connectivity index (χ0) is 17.9. The Hall–Kier alpha value is -2.70. The molecular formula is C17H21NO6. The highest BCUT2D eigenvalue weighted by Crippen LogP contribution is 2.43. The average molecular weight is 335 g/mol. The SMILES string of the molecule is COC(=O)C1=C(C)NC(=O)CC1c1cc(OC)c(OC)c(OC)c1. The maximum Gasteiger partial charge on any atom is 0.336 e. The van der Waals surface area contributed by atoms with Gasteiger partial charge in [-0.25, -0.2) is 4.79 Å². The van der Waals surface area contributed by atoms with Crippen LogP contribution in [0, 0.1) is 0 Å². The summed E-state index contributed by atoms with van der Waals surface area (Å²) in [7, 11) is 5.84. The monoisotopic (exact) mass is 335 g/mol. The highest BCUT2D eigenvalue weighted by Gasteiger charge is 2.33. The largest absolute Gasteiger partial charge is 0.493 e. The van der Waals surface area contributed by atoms with Crippen LogP contribution >= 0.6 is 0 Å². The number of rotatable bonds is 5. The molecule has 130 valence electrons. The number of amides is 1. The van der Waals surface area contributed by atoms with E-state index in [1.165, 1.54) is 28.4 Å². The van der Waals surface area contributed by atoms with Crippen LogP contribution in [0.1, 0.15) is 24.8 Å². The van der Waals surface area contributed by atoms with E-state index < -0.39 is 11.9 Å². The van der Waals surface area contributed by atoms with Crippen molar-refractivity contribution in [3.8, 4) is 17.2 Å². The fourth-order valence-corrected chi connectivity index (χ4v) is 2.87. The van der Waals surface area contributed by atoms with Crippen LogP contribution < -0.4 is 19.5 Å². The Morgan fingerprint density at radius 2 is 1.67 bits per heavy atom. The van der Waals surface area contributed by atoms with Crippen LogP contribution in [-0.4, -0.2) is 40.3 Å². The first-order valence-corrected chi connectivity index (χ1v) is 7.35. The first-order valence-electron chi connectivity index (χ1n) is 7.35. The van der Waals surface area contributed by atoms with Crippen LogP contribution in [0.2, 0.25) is 0 Å². The Bertz CT molecular complexity index is 669. The molecule has 1 atom stereocenters. The molecule has 7 heteroatoms. The van der Waals surface area contributed by atoms with Crippen molar-refractivity contribution in [2.45, 2.75) is 19.3 Å². The Morgan fingerprint density at radius 3 is 2.12 bits per heavy atom. The molecule has 1 aliphatic heterocycles. The Kier molecular flexibility index (Phi) is 5.33. The van der Waals surface area contributed by atoms with E-state index in [4.69, 9.17) is 18.9 Å². The smallest absolute Gasteiger partial charge is 0.336 e. The molecule has 0 bridgehead atoms. The van der Waals surface area contributed by atoms with Gasteiger partial charge in [-0.3, -0.25) is 4.79 Å². The van der Waals surface area contributed by atoms with E-state index in [0.29, 0.717) is 34.1 Å². The maximum atomic E-state index is 12.2. The van der Waals surface area contributed by atoms with Gasteiger partial charge in [-0.05, 0) is 24.6 Å². The molecule has 0 spiro atoms. The third kappa shape index (κ3) is 3.15. The van der Waals surface area contributed by atoms with E-state index in [-0.39, 0.29) is 12.3 Å². The minimum atomic E-state index is -0.480. The highest BCUT2D eigenvalue weighted by molar-refractivity contribution is 5.95. The van der Waals surface area contributed by atoms with Gasteiger partial charge in [0.2, 0.25) is 11.7 Å². The van der Waals surface area contributed by atoms with E-state index in [2.05, 4.69) is 5.32 Å². The molecule has 0 aromatic heterocycles. The maximum absolute atomic E-state index is 12.2. The summed E-state index contributed by atoms with van der Waals surface area (Å²) in [6.07, 6.45) is 0.125. The lowest BCUT2D eigenvalue weighted by Gasteiger charge is -2.27. The number of hydrogen-bond donors (Lipinski definition) is 1. The number of esters is 1. The minimum Gasteiger partial charge on any atom is -0.493 e. The molecule has 1 aromatic carbocycles. The third-order valence-corrected chi connectivity index (χ3v) is 3.96. The van der Waals surface area contributed by atoms with E-state index in [0.717, 1.165) is 0 Å². The average Bonchev–Trinajstić information content (AvgIpc) is 2.58. The fraction of sp³-hybridized carbons (Fsp3) is 0.412. The molecule has 1 amide bonds. The van der Waals surface area contributed by atoms with E-state index in [1.807, 2.05) is 0 Å². The summed E-state index contributed by atoms with van der Waals surface area (Å²) >= 11 is 0. The van der Waals surface area contributed by atoms with Gasteiger partial charge >= 0.3 is 5.97 Å². The normalized spacial score (nSPS) is 17.2. The molecule has 1 N–H and O–H groups in total. The number of nitrogens with one attached hydrogen (secondary N) is 1. The van der Waals surface area contributed by atoms with Crippen molar-refractivity contribution in [1.82, 2.24) is 5.32 Å². The Labute approximate surface area is 140 Å². The van der Waals surface area contributed by atoms with Gasteiger partial charge in [-0.1, -0.05) is 0 Å². The number of benzene rings is 1. The van der Waals surface area contributed by atoms with Crippen molar-refractivity contribution in [3.05, 3.63) is 29.0 Å². The second kappa shape index (κ2) is 7.25. The van der Waals surface area contributed by atoms with E-state index in [1.54, 1.807) is 19.1 Å². The van der Waals surface area contributed by atoms with Gasteiger partial charge in [0.25, 0.3) is 0 Å². The van der Waals surface area contributed by atoms with Gasteiger partial charge in [0.15, 0.2) is 11.5 Å². The van der Waals surface area contributed by atoms with Gasteiger partial charge in [-0.2, -0.15) is 0 Å². The van der Waals surface area contributed by atoms with Crippen LogP contribution in [0.3, 0.4) is 0 Å². The summed E-state index contributed by atoms with van der Waals surface area (Å²) in [5.74, 6) is 0.258.